The van der Waals surface area contributed by atoms with E-state index in [4.69, 9.17) is 4.74 Å². The van der Waals surface area contributed by atoms with E-state index in [2.05, 4.69) is 48.6 Å². The van der Waals surface area contributed by atoms with E-state index in [9.17, 15) is 14.7 Å². The van der Waals surface area contributed by atoms with Gasteiger partial charge < -0.3 is 15.2 Å². The summed E-state index contributed by atoms with van der Waals surface area (Å²) in [5.41, 5.74) is 8.84. The van der Waals surface area contributed by atoms with Crippen molar-refractivity contribution in [3.8, 4) is 22.3 Å². The van der Waals surface area contributed by atoms with Gasteiger partial charge >= 0.3 is 12.1 Å². The molecule has 0 bridgehead atoms. The molecule has 4 aromatic rings. The predicted molar refractivity (Wildman–Crippen MR) is 154 cm³/mol. The molecule has 4 aromatic carbocycles. The fourth-order valence-corrected chi connectivity index (χ4v) is 5.30. The van der Waals surface area contributed by atoms with Gasteiger partial charge in [-0.1, -0.05) is 110 Å². The van der Waals surface area contributed by atoms with Gasteiger partial charge in [-0.3, -0.25) is 0 Å². The van der Waals surface area contributed by atoms with Gasteiger partial charge in [0.2, 0.25) is 0 Å². The van der Waals surface area contributed by atoms with Crippen LogP contribution in [0.4, 0.5) is 4.79 Å². The Bertz CT molecular complexity index is 1400. The smallest absolute Gasteiger partial charge is 0.407 e. The summed E-state index contributed by atoms with van der Waals surface area (Å²) in [5.74, 6) is -1.19. The number of carboxylic acids is 1. The largest absolute Gasteiger partial charge is 0.480 e. The number of carbonyl (C=O) groups is 2. The standard InChI is InChI=1S/C34H33NO4/c1-2-3-8-23-13-17-25(18-14-23)26-19-15-24(16-20-26)21-32(33(36)37)35-34(38)39-22-31-29-11-6-4-9-27(29)28-10-5-7-12-30(28)31/h4-7,9-20,31-32H,2-3,8,21-22H2,1H3,(H,35,38)(H,36,37). The molecule has 0 saturated carbocycles. The van der Waals surface area contributed by atoms with Crippen LogP contribution in [0.25, 0.3) is 22.3 Å². The Morgan fingerprint density at radius 1 is 0.795 bits per heavy atom. The molecule has 0 spiro atoms. The molecule has 1 unspecified atom stereocenters. The Kier molecular flexibility index (Phi) is 8.07. The van der Waals surface area contributed by atoms with E-state index in [-0.39, 0.29) is 18.9 Å². The molecule has 1 atom stereocenters. The molecular weight excluding hydrogens is 486 g/mol. The van der Waals surface area contributed by atoms with Crippen LogP contribution in [0.15, 0.2) is 97.1 Å². The molecule has 0 radical (unpaired) electrons. The normalized spacial score (nSPS) is 12.8. The lowest BCUT2D eigenvalue weighted by Gasteiger charge is -2.17. The summed E-state index contributed by atoms with van der Waals surface area (Å²) >= 11 is 0. The predicted octanol–water partition coefficient (Wildman–Crippen LogP) is 7.23. The van der Waals surface area contributed by atoms with Gasteiger partial charge in [0.1, 0.15) is 12.6 Å². The van der Waals surface area contributed by atoms with Gasteiger partial charge in [-0.25, -0.2) is 9.59 Å². The van der Waals surface area contributed by atoms with Crippen LogP contribution in [0.1, 0.15) is 47.9 Å². The zero-order valence-corrected chi connectivity index (χ0v) is 22.1. The summed E-state index contributed by atoms with van der Waals surface area (Å²) in [7, 11) is 0. The third kappa shape index (κ3) is 6.04. The van der Waals surface area contributed by atoms with Gasteiger partial charge in [0.25, 0.3) is 0 Å². The molecule has 198 valence electrons. The van der Waals surface area contributed by atoms with Crippen molar-refractivity contribution in [3.63, 3.8) is 0 Å². The highest BCUT2D eigenvalue weighted by atomic mass is 16.5. The number of unbranched alkanes of at least 4 members (excludes halogenated alkanes) is 1. The first-order valence-electron chi connectivity index (χ1n) is 13.6. The summed E-state index contributed by atoms with van der Waals surface area (Å²) in [5, 5.41) is 12.3. The van der Waals surface area contributed by atoms with Crippen LogP contribution in [-0.2, 0) is 22.4 Å². The Labute approximate surface area is 229 Å². The fourth-order valence-electron chi connectivity index (χ4n) is 5.30. The Hall–Kier alpha value is -4.38. The minimum absolute atomic E-state index is 0.0836. The average Bonchev–Trinajstić information content (AvgIpc) is 3.29. The van der Waals surface area contributed by atoms with Crippen molar-refractivity contribution in [1.82, 2.24) is 5.32 Å². The zero-order chi connectivity index (χ0) is 27.2. The molecule has 0 fully saturated rings. The van der Waals surface area contributed by atoms with Crippen LogP contribution in [0.5, 0.6) is 0 Å². The SMILES string of the molecule is CCCCc1ccc(-c2ccc(CC(NC(=O)OCC3c4ccccc4-c4ccccc43)C(=O)O)cc2)cc1. The van der Waals surface area contributed by atoms with Crippen molar-refractivity contribution in [2.24, 2.45) is 0 Å². The average molecular weight is 520 g/mol. The number of alkyl carbamates (subject to hydrolysis) is 1. The van der Waals surface area contributed by atoms with Crippen LogP contribution in [0.2, 0.25) is 0 Å². The van der Waals surface area contributed by atoms with E-state index >= 15 is 0 Å². The van der Waals surface area contributed by atoms with E-state index in [1.807, 2.05) is 60.7 Å². The highest BCUT2D eigenvalue weighted by Gasteiger charge is 2.29. The summed E-state index contributed by atoms with van der Waals surface area (Å²) in [6.07, 6.45) is 2.88. The van der Waals surface area contributed by atoms with Gasteiger partial charge in [-0.2, -0.15) is 0 Å². The zero-order valence-electron chi connectivity index (χ0n) is 22.1. The van der Waals surface area contributed by atoms with Crippen LogP contribution in [0, 0.1) is 0 Å². The minimum Gasteiger partial charge on any atom is -0.480 e. The number of aliphatic carboxylic acids is 1. The maximum atomic E-state index is 12.7. The van der Waals surface area contributed by atoms with Gasteiger partial charge in [-0.15, -0.1) is 0 Å². The van der Waals surface area contributed by atoms with E-state index in [1.165, 1.54) is 18.4 Å². The van der Waals surface area contributed by atoms with Crippen LogP contribution < -0.4 is 5.32 Å². The molecule has 5 heteroatoms. The number of hydrogen-bond acceptors (Lipinski definition) is 3. The minimum atomic E-state index is -1.10. The molecule has 1 aliphatic rings. The van der Waals surface area contributed by atoms with Crippen molar-refractivity contribution in [2.45, 2.75) is 44.6 Å². The lowest BCUT2D eigenvalue weighted by atomic mass is 9.98. The second kappa shape index (κ2) is 12.0. The second-order valence-electron chi connectivity index (χ2n) is 10.1. The highest BCUT2D eigenvalue weighted by Crippen LogP contribution is 2.44. The van der Waals surface area contributed by atoms with Gasteiger partial charge in [0.15, 0.2) is 0 Å². The number of benzene rings is 4. The Balaban J connectivity index is 1.19. The van der Waals surface area contributed by atoms with E-state index in [1.54, 1.807) is 0 Å². The Morgan fingerprint density at radius 3 is 1.87 bits per heavy atom. The van der Waals surface area contributed by atoms with Gasteiger partial charge in [-0.05, 0) is 57.3 Å². The fraction of sp³-hybridized carbons (Fsp3) is 0.235. The molecule has 0 aromatic heterocycles. The highest BCUT2D eigenvalue weighted by molar-refractivity contribution is 5.81. The van der Waals surface area contributed by atoms with Crippen molar-refractivity contribution < 1.29 is 19.4 Å². The van der Waals surface area contributed by atoms with Crippen molar-refractivity contribution in [3.05, 3.63) is 119 Å². The topological polar surface area (TPSA) is 75.6 Å². The quantitative estimate of drug-likeness (QED) is 0.232. The van der Waals surface area contributed by atoms with Gasteiger partial charge in [0.05, 0.1) is 0 Å². The molecule has 0 saturated heterocycles. The van der Waals surface area contributed by atoms with Crippen molar-refractivity contribution >= 4 is 12.1 Å². The number of carboxylic acid groups (broad SMARTS) is 1. The number of hydrogen-bond donors (Lipinski definition) is 2. The van der Waals surface area contributed by atoms with Crippen molar-refractivity contribution in [2.75, 3.05) is 6.61 Å². The number of fused-ring (bicyclic) bond motifs is 3. The number of nitrogens with one attached hydrogen (secondary N) is 1. The molecule has 39 heavy (non-hydrogen) atoms. The molecule has 1 amide bonds. The first kappa shape index (κ1) is 26.2. The maximum Gasteiger partial charge on any atom is 0.407 e. The summed E-state index contributed by atoms with van der Waals surface area (Å²) < 4.78 is 5.56. The monoisotopic (exact) mass is 519 g/mol. The Morgan fingerprint density at radius 2 is 1.33 bits per heavy atom. The lowest BCUT2D eigenvalue weighted by molar-refractivity contribution is -0.139. The summed E-state index contributed by atoms with van der Waals surface area (Å²) in [4.78, 5) is 24.6. The first-order chi connectivity index (χ1) is 19.0. The molecule has 2 N–H and O–H groups in total. The number of aryl methyl sites for hydroxylation is 1. The molecule has 0 aliphatic heterocycles. The molecule has 1 aliphatic carbocycles. The number of ether oxygens (including phenoxy) is 1. The van der Waals surface area contributed by atoms with Crippen molar-refractivity contribution in [1.29, 1.82) is 0 Å². The van der Waals surface area contributed by atoms with Crippen LogP contribution in [-0.4, -0.2) is 29.8 Å². The third-order valence-electron chi connectivity index (χ3n) is 7.43. The molecule has 5 nitrogen and oxygen atoms in total. The first-order valence-corrected chi connectivity index (χ1v) is 13.6. The maximum absolute atomic E-state index is 12.7. The lowest BCUT2D eigenvalue weighted by Crippen LogP contribution is -2.42. The van der Waals surface area contributed by atoms with Gasteiger partial charge in [0, 0.05) is 12.3 Å². The van der Waals surface area contributed by atoms with E-state index in [0.29, 0.717) is 0 Å². The molecular formula is C34H33NO4. The van der Waals surface area contributed by atoms with E-state index < -0.39 is 18.1 Å². The molecule has 5 rings (SSSR count). The molecule has 0 heterocycles. The van der Waals surface area contributed by atoms with Crippen LogP contribution in [0.3, 0.4) is 0 Å². The van der Waals surface area contributed by atoms with Crippen LogP contribution >= 0.6 is 0 Å². The number of amides is 1. The number of rotatable bonds is 10. The second-order valence-corrected chi connectivity index (χ2v) is 10.1. The van der Waals surface area contributed by atoms with E-state index in [0.717, 1.165) is 45.4 Å². The number of carbonyl (C=O) groups excluding carboxylic acids is 1. The summed E-state index contributed by atoms with van der Waals surface area (Å²) in [6.45, 7) is 2.33. The third-order valence-corrected chi connectivity index (χ3v) is 7.43. The summed E-state index contributed by atoms with van der Waals surface area (Å²) in [6, 6.07) is 31.5.